The van der Waals surface area contributed by atoms with Crippen molar-refractivity contribution in [3.63, 3.8) is 0 Å². The van der Waals surface area contributed by atoms with E-state index in [1.54, 1.807) is 36.3 Å². The van der Waals surface area contributed by atoms with Crippen LogP contribution in [0.5, 0.6) is 0 Å². The van der Waals surface area contributed by atoms with Crippen LogP contribution in [0.15, 0.2) is 34.9 Å². The SMILES string of the molecule is Cc1nc(-c2ccco2)ccc1C(=O)N1CC(O)C1. The van der Waals surface area contributed by atoms with Gasteiger partial charge in [0.25, 0.3) is 5.91 Å². The molecule has 0 unspecified atom stereocenters. The van der Waals surface area contributed by atoms with Crippen LogP contribution >= 0.6 is 0 Å². The summed E-state index contributed by atoms with van der Waals surface area (Å²) in [5, 5.41) is 9.23. The van der Waals surface area contributed by atoms with E-state index in [9.17, 15) is 9.90 Å². The van der Waals surface area contributed by atoms with Crippen molar-refractivity contribution in [2.75, 3.05) is 13.1 Å². The van der Waals surface area contributed by atoms with Gasteiger partial charge in [0.1, 0.15) is 5.69 Å². The van der Waals surface area contributed by atoms with E-state index >= 15 is 0 Å². The fourth-order valence-corrected chi connectivity index (χ4v) is 2.14. The van der Waals surface area contributed by atoms with Crippen LogP contribution in [0.3, 0.4) is 0 Å². The van der Waals surface area contributed by atoms with Gasteiger partial charge in [-0.2, -0.15) is 0 Å². The highest BCUT2D eigenvalue weighted by molar-refractivity contribution is 5.96. The van der Waals surface area contributed by atoms with Crippen LogP contribution in [0.25, 0.3) is 11.5 Å². The highest BCUT2D eigenvalue weighted by atomic mass is 16.3. The zero-order valence-electron chi connectivity index (χ0n) is 10.5. The number of likely N-dealkylation sites (tertiary alicyclic amines) is 1. The van der Waals surface area contributed by atoms with Crippen molar-refractivity contribution in [1.29, 1.82) is 0 Å². The molecule has 3 rings (SSSR count). The Bertz CT molecular complexity index is 601. The minimum absolute atomic E-state index is 0.0821. The third-order valence-electron chi connectivity index (χ3n) is 3.24. The van der Waals surface area contributed by atoms with Gasteiger partial charge in [-0.1, -0.05) is 0 Å². The summed E-state index contributed by atoms with van der Waals surface area (Å²) >= 11 is 0. The summed E-state index contributed by atoms with van der Waals surface area (Å²) in [6.07, 6.45) is 1.20. The number of carbonyl (C=O) groups excluding carboxylic acids is 1. The molecule has 0 spiro atoms. The number of rotatable bonds is 2. The maximum atomic E-state index is 12.1. The van der Waals surface area contributed by atoms with Gasteiger partial charge < -0.3 is 14.4 Å². The van der Waals surface area contributed by atoms with E-state index in [-0.39, 0.29) is 12.0 Å². The van der Waals surface area contributed by atoms with E-state index in [4.69, 9.17) is 4.42 Å². The molecule has 2 aromatic heterocycles. The molecule has 98 valence electrons. The van der Waals surface area contributed by atoms with Crippen LogP contribution in [-0.2, 0) is 0 Å². The lowest BCUT2D eigenvalue weighted by atomic mass is 10.1. The minimum Gasteiger partial charge on any atom is -0.463 e. The molecule has 3 heterocycles. The number of hydrogen-bond donors (Lipinski definition) is 1. The molecule has 1 fully saturated rings. The second-order valence-electron chi connectivity index (χ2n) is 4.67. The largest absolute Gasteiger partial charge is 0.463 e. The predicted octanol–water partition coefficient (Wildman–Crippen LogP) is 1.47. The number of aliphatic hydroxyl groups is 1. The Morgan fingerprint density at radius 2 is 2.21 bits per heavy atom. The second-order valence-corrected chi connectivity index (χ2v) is 4.67. The van der Waals surface area contributed by atoms with Gasteiger partial charge in [0.15, 0.2) is 5.76 Å². The van der Waals surface area contributed by atoms with E-state index in [1.807, 2.05) is 6.07 Å². The maximum Gasteiger partial charge on any atom is 0.255 e. The monoisotopic (exact) mass is 258 g/mol. The van der Waals surface area contributed by atoms with Crippen molar-refractivity contribution in [1.82, 2.24) is 9.88 Å². The zero-order chi connectivity index (χ0) is 13.4. The van der Waals surface area contributed by atoms with E-state index < -0.39 is 0 Å². The summed E-state index contributed by atoms with van der Waals surface area (Å²) in [5.74, 6) is 0.600. The number of nitrogens with zero attached hydrogens (tertiary/aromatic N) is 2. The number of furan rings is 1. The molecule has 1 amide bonds. The number of carbonyl (C=O) groups is 1. The van der Waals surface area contributed by atoms with Gasteiger partial charge in [-0.05, 0) is 31.2 Å². The number of aromatic nitrogens is 1. The number of hydrogen-bond acceptors (Lipinski definition) is 4. The molecule has 0 saturated carbocycles. The standard InChI is InChI=1S/C14H14N2O3/c1-9-11(14(18)16-7-10(17)8-16)4-5-12(15-9)13-3-2-6-19-13/h2-6,10,17H,7-8H2,1H3. The summed E-state index contributed by atoms with van der Waals surface area (Å²) in [7, 11) is 0. The predicted molar refractivity (Wildman–Crippen MR) is 68.6 cm³/mol. The Morgan fingerprint density at radius 3 is 2.79 bits per heavy atom. The zero-order valence-corrected chi connectivity index (χ0v) is 10.5. The lowest BCUT2D eigenvalue weighted by Crippen LogP contribution is -2.53. The first kappa shape index (κ1) is 11.9. The van der Waals surface area contributed by atoms with Crippen molar-refractivity contribution < 1.29 is 14.3 Å². The van der Waals surface area contributed by atoms with Crippen molar-refractivity contribution in [2.24, 2.45) is 0 Å². The van der Waals surface area contributed by atoms with Gasteiger partial charge in [0, 0.05) is 13.1 Å². The van der Waals surface area contributed by atoms with Gasteiger partial charge in [-0.3, -0.25) is 4.79 Å². The third kappa shape index (κ3) is 2.13. The number of β-amino-alcohol motifs (C(OH)–C–C–N with tert-alkyl or cyclic N) is 1. The summed E-state index contributed by atoms with van der Waals surface area (Å²) in [6, 6.07) is 7.16. The Kier molecular flexibility index (Phi) is 2.83. The Hall–Kier alpha value is -2.14. The molecule has 0 aliphatic carbocycles. The summed E-state index contributed by atoms with van der Waals surface area (Å²) < 4.78 is 5.28. The molecular weight excluding hydrogens is 244 g/mol. The minimum atomic E-state index is -0.389. The van der Waals surface area contributed by atoms with E-state index in [2.05, 4.69) is 4.98 Å². The number of pyridine rings is 1. The molecular formula is C14H14N2O3. The number of aryl methyl sites for hydroxylation is 1. The Morgan fingerprint density at radius 1 is 1.42 bits per heavy atom. The molecule has 0 bridgehead atoms. The normalized spacial score (nSPS) is 15.4. The van der Waals surface area contributed by atoms with E-state index in [0.29, 0.717) is 35.8 Å². The fraction of sp³-hybridized carbons (Fsp3) is 0.286. The first-order valence-corrected chi connectivity index (χ1v) is 6.14. The van der Waals surface area contributed by atoms with Crippen LogP contribution in [0, 0.1) is 6.92 Å². The van der Waals surface area contributed by atoms with Gasteiger partial charge in [0.05, 0.1) is 23.6 Å². The molecule has 19 heavy (non-hydrogen) atoms. The number of amides is 1. The molecule has 0 radical (unpaired) electrons. The topological polar surface area (TPSA) is 66.6 Å². The summed E-state index contributed by atoms with van der Waals surface area (Å²) in [4.78, 5) is 18.1. The van der Waals surface area contributed by atoms with Gasteiger partial charge in [0.2, 0.25) is 0 Å². The van der Waals surface area contributed by atoms with Crippen molar-refractivity contribution in [2.45, 2.75) is 13.0 Å². The quantitative estimate of drug-likeness (QED) is 0.885. The molecule has 0 aromatic carbocycles. The smallest absolute Gasteiger partial charge is 0.255 e. The molecule has 5 heteroatoms. The highest BCUT2D eigenvalue weighted by Crippen LogP contribution is 2.21. The molecule has 1 aliphatic heterocycles. The first-order valence-electron chi connectivity index (χ1n) is 6.14. The Balaban J connectivity index is 1.86. The maximum absolute atomic E-state index is 12.1. The average Bonchev–Trinajstić information content (AvgIpc) is 2.88. The summed E-state index contributed by atoms with van der Waals surface area (Å²) in [6.45, 7) is 2.60. The van der Waals surface area contributed by atoms with Gasteiger partial charge in [-0.25, -0.2) is 4.98 Å². The fourth-order valence-electron chi connectivity index (χ4n) is 2.14. The molecule has 1 aliphatic rings. The molecule has 0 atom stereocenters. The van der Waals surface area contributed by atoms with E-state index in [1.165, 1.54) is 0 Å². The molecule has 2 aromatic rings. The summed E-state index contributed by atoms with van der Waals surface area (Å²) in [5.41, 5.74) is 1.95. The molecule has 5 nitrogen and oxygen atoms in total. The Labute approximate surface area is 110 Å². The number of aliphatic hydroxyl groups excluding tert-OH is 1. The van der Waals surface area contributed by atoms with E-state index in [0.717, 1.165) is 0 Å². The van der Waals surface area contributed by atoms with Crippen molar-refractivity contribution in [3.8, 4) is 11.5 Å². The van der Waals surface area contributed by atoms with Crippen LogP contribution in [0.4, 0.5) is 0 Å². The van der Waals surface area contributed by atoms with Crippen LogP contribution in [0.2, 0.25) is 0 Å². The van der Waals surface area contributed by atoms with Crippen LogP contribution < -0.4 is 0 Å². The molecule has 1 saturated heterocycles. The highest BCUT2D eigenvalue weighted by Gasteiger charge is 2.30. The first-order chi connectivity index (χ1) is 9.15. The molecule has 1 N–H and O–H groups in total. The second kappa shape index (κ2) is 4.51. The lowest BCUT2D eigenvalue weighted by Gasteiger charge is -2.36. The van der Waals surface area contributed by atoms with Crippen molar-refractivity contribution >= 4 is 5.91 Å². The average molecular weight is 258 g/mol. The third-order valence-corrected chi connectivity index (χ3v) is 3.24. The van der Waals surface area contributed by atoms with Gasteiger partial charge in [-0.15, -0.1) is 0 Å². The van der Waals surface area contributed by atoms with Crippen LogP contribution in [0.1, 0.15) is 16.1 Å². The van der Waals surface area contributed by atoms with Crippen LogP contribution in [-0.4, -0.2) is 40.1 Å². The van der Waals surface area contributed by atoms with Gasteiger partial charge >= 0.3 is 0 Å². The van der Waals surface area contributed by atoms with Crippen molar-refractivity contribution in [3.05, 3.63) is 41.8 Å². The lowest BCUT2D eigenvalue weighted by molar-refractivity contribution is 0.00581.